The molecule has 1 fully saturated rings. The largest absolute Gasteiger partial charge is 0.337 e. The zero-order chi connectivity index (χ0) is 19.5. The maximum atomic E-state index is 13.3. The summed E-state index contributed by atoms with van der Waals surface area (Å²) in [7, 11) is 2.22. The third-order valence-electron chi connectivity index (χ3n) is 6.32. The molecule has 3 heterocycles. The van der Waals surface area contributed by atoms with E-state index in [1.165, 1.54) is 29.0 Å². The molecular weight excluding hydrogens is 368 g/mol. The summed E-state index contributed by atoms with van der Waals surface area (Å²) in [5.74, 6) is 0.159. The van der Waals surface area contributed by atoms with E-state index in [1.807, 2.05) is 11.3 Å². The number of aromatic nitrogens is 2. The van der Waals surface area contributed by atoms with Crippen LogP contribution >= 0.6 is 11.3 Å². The van der Waals surface area contributed by atoms with E-state index in [2.05, 4.69) is 46.0 Å². The van der Waals surface area contributed by atoms with Crippen molar-refractivity contribution in [1.82, 2.24) is 19.6 Å². The van der Waals surface area contributed by atoms with E-state index in [4.69, 9.17) is 5.10 Å². The lowest BCUT2D eigenvalue weighted by Crippen LogP contribution is -2.37. The molecule has 1 amide bonds. The smallest absolute Gasteiger partial charge is 0.274 e. The number of likely N-dealkylation sites (N-methyl/N-ethyl adjacent to an activating group) is 1. The second-order valence-corrected chi connectivity index (χ2v) is 9.22. The molecule has 2 aromatic rings. The summed E-state index contributed by atoms with van der Waals surface area (Å²) in [5, 5.41) is 6.94. The number of rotatable bonds is 5. The molecule has 1 aliphatic carbocycles. The van der Waals surface area contributed by atoms with Gasteiger partial charge >= 0.3 is 0 Å². The van der Waals surface area contributed by atoms with Gasteiger partial charge in [-0.25, -0.2) is 0 Å². The van der Waals surface area contributed by atoms with Gasteiger partial charge in [0.2, 0.25) is 0 Å². The predicted molar refractivity (Wildman–Crippen MR) is 114 cm³/mol. The number of carbonyl (C=O) groups excluding carboxylic acids is 1. The first-order valence-electron chi connectivity index (χ1n) is 10.8. The van der Waals surface area contributed by atoms with Crippen LogP contribution in [0.3, 0.4) is 0 Å². The molecule has 1 unspecified atom stereocenters. The van der Waals surface area contributed by atoms with Gasteiger partial charge in [0.25, 0.3) is 5.91 Å². The molecule has 2 aromatic heterocycles. The van der Waals surface area contributed by atoms with Crippen LogP contribution in [-0.4, -0.2) is 51.7 Å². The van der Waals surface area contributed by atoms with Crippen LogP contribution in [-0.2, 0) is 25.9 Å². The van der Waals surface area contributed by atoms with Crippen LogP contribution in [0, 0.1) is 0 Å². The van der Waals surface area contributed by atoms with Crippen LogP contribution in [0.5, 0.6) is 0 Å². The summed E-state index contributed by atoms with van der Waals surface area (Å²) in [6, 6.07) is 4.80. The van der Waals surface area contributed by atoms with E-state index in [0.29, 0.717) is 6.04 Å². The number of hydrogen-bond donors (Lipinski definition) is 0. The third kappa shape index (κ3) is 4.03. The molecule has 1 aliphatic heterocycles. The van der Waals surface area contributed by atoms with Crippen molar-refractivity contribution < 1.29 is 4.79 Å². The van der Waals surface area contributed by atoms with Crippen LogP contribution in [0.25, 0.3) is 0 Å². The van der Waals surface area contributed by atoms with Crippen molar-refractivity contribution in [3.63, 3.8) is 0 Å². The Balaban J connectivity index is 1.55. The molecular formula is C22H32N4OS. The van der Waals surface area contributed by atoms with Gasteiger partial charge in [-0.2, -0.15) is 5.10 Å². The SMILES string of the molecule is CCn1nc(C(=O)N2CCCCCC2)c2c1CCC(N(C)Cc1cccs1)C2. The van der Waals surface area contributed by atoms with Crippen LogP contribution in [0.15, 0.2) is 17.5 Å². The molecule has 6 heteroatoms. The maximum absolute atomic E-state index is 13.3. The Morgan fingerprint density at radius 1 is 1.29 bits per heavy atom. The van der Waals surface area contributed by atoms with E-state index in [-0.39, 0.29) is 5.91 Å². The van der Waals surface area contributed by atoms with E-state index in [0.717, 1.165) is 64.0 Å². The van der Waals surface area contributed by atoms with Crippen molar-refractivity contribution in [3.8, 4) is 0 Å². The van der Waals surface area contributed by atoms with Crippen molar-refractivity contribution in [1.29, 1.82) is 0 Å². The van der Waals surface area contributed by atoms with Gasteiger partial charge < -0.3 is 4.90 Å². The average molecular weight is 401 g/mol. The lowest BCUT2D eigenvalue weighted by atomic mass is 9.90. The second kappa shape index (κ2) is 8.78. The van der Waals surface area contributed by atoms with Gasteiger partial charge in [0.15, 0.2) is 5.69 Å². The fraction of sp³-hybridized carbons (Fsp3) is 0.636. The number of carbonyl (C=O) groups is 1. The molecule has 2 aliphatic rings. The monoisotopic (exact) mass is 400 g/mol. The maximum Gasteiger partial charge on any atom is 0.274 e. The lowest BCUT2D eigenvalue weighted by molar-refractivity contribution is 0.0753. The van der Waals surface area contributed by atoms with Gasteiger partial charge in [-0.15, -0.1) is 11.3 Å². The summed E-state index contributed by atoms with van der Waals surface area (Å²) in [5.41, 5.74) is 3.24. The fourth-order valence-corrected chi connectivity index (χ4v) is 5.45. The molecule has 5 nitrogen and oxygen atoms in total. The molecule has 0 N–H and O–H groups in total. The Labute approximate surface area is 172 Å². The molecule has 1 atom stereocenters. The summed E-state index contributed by atoms with van der Waals surface area (Å²) < 4.78 is 2.08. The zero-order valence-corrected chi connectivity index (χ0v) is 18.0. The minimum absolute atomic E-state index is 0.159. The number of fused-ring (bicyclic) bond motifs is 1. The standard InChI is InChI=1S/C22H32N4OS/c1-3-26-20-11-10-17(24(2)16-18-9-8-14-28-18)15-19(20)21(23-26)22(27)25-12-6-4-5-7-13-25/h8-9,14,17H,3-7,10-13,15-16H2,1-2H3. The molecule has 0 saturated carbocycles. The highest BCUT2D eigenvalue weighted by molar-refractivity contribution is 7.09. The van der Waals surface area contributed by atoms with Crippen molar-refractivity contribution in [2.75, 3.05) is 20.1 Å². The van der Waals surface area contributed by atoms with E-state index in [9.17, 15) is 4.79 Å². The van der Waals surface area contributed by atoms with Crippen molar-refractivity contribution in [2.24, 2.45) is 0 Å². The minimum Gasteiger partial charge on any atom is -0.337 e. The molecule has 152 valence electrons. The minimum atomic E-state index is 0.159. The second-order valence-electron chi connectivity index (χ2n) is 8.19. The molecule has 1 saturated heterocycles. The van der Waals surface area contributed by atoms with Crippen molar-refractivity contribution >= 4 is 17.2 Å². The predicted octanol–water partition coefficient (Wildman–Crippen LogP) is 3.97. The normalized spacial score (nSPS) is 20.2. The highest BCUT2D eigenvalue weighted by atomic mass is 32.1. The zero-order valence-electron chi connectivity index (χ0n) is 17.2. The first-order valence-corrected chi connectivity index (χ1v) is 11.7. The summed E-state index contributed by atoms with van der Waals surface area (Å²) >= 11 is 1.82. The lowest BCUT2D eigenvalue weighted by Gasteiger charge is -2.31. The Bertz CT molecular complexity index is 790. The fourth-order valence-electron chi connectivity index (χ4n) is 4.68. The van der Waals surface area contributed by atoms with Crippen molar-refractivity contribution in [2.45, 2.75) is 71.0 Å². The Hall–Kier alpha value is -1.66. The van der Waals surface area contributed by atoms with Gasteiger partial charge in [-0.1, -0.05) is 18.9 Å². The molecule has 0 spiro atoms. The van der Waals surface area contributed by atoms with Gasteiger partial charge in [0.1, 0.15) is 0 Å². The average Bonchev–Trinajstić information content (AvgIpc) is 3.26. The van der Waals surface area contributed by atoms with Gasteiger partial charge in [-0.3, -0.25) is 14.4 Å². The Kier molecular flexibility index (Phi) is 6.16. The van der Waals surface area contributed by atoms with Crippen LogP contribution in [0.2, 0.25) is 0 Å². The highest BCUT2D eigenvalue weighted by Gasteiger charge is 2.32. The van der Waals surface area contributed by atoms with E-state index >= 15 is 0 Å². The number of thiophene rings is 1. The van der Waals surface area contributed by atoms with Crippen LogP contribution in [0.4, 0.5) is 0 Å². The molecule has 0 aromatic carbocycles. The van der Waals surface area contributed by atoms with E-state index < -0.39 is 0 Å². The van der Waals surface area contributed by atoms with Gasteiger partial charge in [0, 0.05) is 48.4 Å². The molecule has 0 bridgehead atoms. The van der Waals surface area contributed by atoms with Crippen molar-refractivity contribution in [3.05, 3.63) is 39.3 Å². The number of likely N-dealkylation sites (tertiary alicyclic amines) is 1. The summed E-state index contributed by atoms with van der Waals surface area (Å²) in [4.78, 5) is 19.2. The molecule has 28 heavy (non-hydrogen) atoms. The Morgan fingerprint density at radius 2 is 2.07 bits per heavy atom. The number of nitrogens with zero attached hydrogens (tertiary/aromatic N) is 4. The number of amides is 1. The summed E-state index contributed by atoms with van der Waals surface area (Å²) in [6.07, 6.45) is 7.80. The first-order chi connectivity index (χ1) is 13.7. The van der Waals surface area contributed by atoms with Crippen LogP contribution in [0.1, 0.15) is 65.7 Å². The molecule has 4 rings (SSSR count). The number of aryl methyl sites for hydroxylation is 1. The van der Waals surface area contributed by atoms with E-state index in [1.54, 1.807) is 0 Å². The number of hydrogen-bond acceptors (Lipinski definition) is 4. The first kappa shape index (κ1) is 19.6. The third-order valence-corrected chi connectivity index (χ3v) is 7.19. The highest BCUT2D eigenvalue weighted by Crippen LogP contribution is 2.29. The van der Waals surface area contributed by atoms with Gasteiger partial charge in [-0.05, 0) is 57.5 Å². The topological polar surface area (TPSA) is 41.4 Å². The summed E-state index contributed by atoms with van der Waals surface area (Å²) in [6.45, 7) is 5.71. The van der Waals surface area contributed by atoms with Gasteiger partial charge in [0.05, 0.1) is 0 Å². The van der Waals surface area contributed by atoms with Crippen LogP contribution < -0.4 is 0 Å². The Morgan fingerprint density at radius 3 is 2.75 bits per heavy atom. The quantitative estimate of drug-likeness (QED) is 0.763. The molecule has 0 radical (unpaired) electrons.